The molecule has 1 aromatic rings. The van der Waals surface area contributed by atoms with Gasteiger partial charge in [0.1, 0.15) is 11.8 Å². The van der Waals surface area contributed by atoms with Crippen LogP contribution in [0.5, 0.6) is 5.88 Å². The van der Waals surface area contributed by atoms with Crippen LogP contribution in [0.1, 0.15) is 13.8 Å². The lowest BCUT2D eigenvalue weighted by Crippen LogP contribution is -2.11. The highest BCUT2D eigenvalue weighted by atomic mass is 35.5. The summed E-state index contributed by atoms with van der Waals surface area (Å²) in [4.78, 5) is 13.9. The fourth-order valence-electron chi connectivity index (χ4n) is 1.17. The first-order valence-electron chi connectivity index (χ1n) is 5.52. The number of hydrogen-bond acceptors (Lipinski definition) is 5. The van der Waals surface area contributed by atoms with Crippen molar-refractivity contribution in [2.45, 2.75) is 13.8 Å². The van der Waals surface area contributed by atoms with Gasteiger partial charge in [-0.2, -0.15) is 4.98 Å². The minimum Gasteiger partial charge on any atom is -0.470 e. The number of nitrogens with zero attached hydrogens (tertiary/aromatic N) is 2. The predicted molar refractivity (Wildman–Crippen MR) is 67.1 cm³/mol. The van der Waals surface area contributed by atoms with Gasteiger partial charge in [0, 0.05) is 12.7 Å². The molecule has 0 aliphatic heterocycles. The van der Waals surface area contributed by atoms with Crippen LogP contribution in [0.2, 0.25) is 5.15 Å². The topological polar surface area (TPSA) is 74.5 Å². The number of ether oxygens (including phenoxy) is 2. The molecular weight excluding hydrogens is 260 g/mol. The van der Waals surface area contributed by atoms with Gasteiger partial charge in [0.25, 0.3) is 5.88 Å². The molecule has 0 bridgehead atoms. The molecule has 0 saturated heterocycles. The molecule has 0 fully saturated rings. The lowest BCUT2D eigenvalue weighted by Gasteiger charge is -2.08. The van der Waals surface area contributed by atoms with Crippen molar-refractivity contribution in [3.8, 4) is 5.88 Å². The number of nitro groups is 1. The van der Waals surface area contributed by atoms with Crippen molar-refractivity contribution in [3.05, 3.63) is 27.4 Å². The second-order valence-corrected chi connectivity index (χ2v) is 4.42. The molecule has 1 heterocycles. The zero-order valence-corrected chi connectivity index (χ0v) is 11.0. The summed E-state index contributed by atoms with van der Waals surface area (Å²) in [5.41, 5.74) is -0.205. The average Bonchev–Trinajstić information content (AvgIpc) is 2.27. The smallest absolute Gasteiger partial charge is 0.331 e. The monoisotopic (exact) mass is 274 g/mol. The van der Waals surface area contributed by atoms with Crippen LogP contribution in [0, 0.1) is 16.0 Å². The summed E-state index contributed by atoms with van der Waals surface area (Å²) < 4.78 is 10.5. The Hall–Kier alpha value is -1.40. The molecule has 0 radical (unpaired) electrons. The summed E-state index contributed by atoms with van der Waals surface area (Å²) >= 11 is 5.66. The Morgan fingerprint density at radius 2 is 2.17 bits per heavy atom. The van der Waals surface area contributed by atoms with E-state index >= 15 is 0 Å². The van der Waals surface area contributed by atoms with Gasteiger partial charge < -0.3 is 9.47 Å². The Morgan fingerprint density at radius 1 is 1.44 bits per heavy atom. The molecular formula is C11H15ClN2O4. The van der Waals surface area contributed by atoms with Gasteiger partial charge >= 0.3 is 5.69 Å². The first-order chi connectivity index (χ1) is 8.50. The molecule has 100 valence electrons. The van der Waals surface area contributed by atoms with Crippen LogP contribution in [0.3, 0.4) is 0 Å². The molecule has 0 N–H and O–H groups in total. The van der Waals surface area contributed by atoms with Crippen LogP contribution in [0.15, 0.2) is 12.1 Å². The molecule has 0 aromatic carbocycles. The maximum atomic E-state index is 10.7. The Balaban J connectivity index is 2.50. The second-order valence-electron chi connectivity index (χ2n) is 4.03. The Bertz CT molecular complexity index is 412. The van der Waals surface area contributed by atoms with Gasteiger partial charge in [0.2, 0.25) is 0 Å². The molecule has 0 spiro atoms. The molecule has 6 nitrogen and oxygen atoms in total. The van der Waals surface area contributed by atoms with Gasteiger partial charge in [-0.1, -0.05) is 25.4 Å². The van der Waals surface area contributed by atoms with Crippen LogP contribution in [-0.4, -0.2) is 29.7 Å². The Morgan fingerprint density at radius 3 is 2.78 bits per heavy atom. The van der Waals surface area contributed by atoms with E-state index in [1.54, 1.807) is 0 Å². The predicted octanol–water partition coefficient (Wildman–Crippen LogP) is 2.69. The van der Waals surface area contributed by atoms with Crippen LogP contribution in [-0.2, 0) is 4.74 Å². The quantitative estimate of drug-likeness (QED) is 0.331. The normalized spacial score (nSPS) is 10.7. The van der Waals surface area contributed by atoms with E-state index in [2.05, 4.69) is 4.98 Å². The van der Waals surface area contributed by atoms with E-state index in [0.29, 0.717) is 19.1 Å². The van der Waals surface area contributed by atoms with Crippen LogP contribution in [0.4, 0.5) is 5.69 Å². The fraction of sp³-hybridized carbons (Fsp3) is 0.545. The molecule has 0 aliphatic rings. The summed E-state index contributed by atoms with van der Waals surface area (Å²) in [6.45, 7) is 5.23. The van der Waals surface area contributed by atoms with E-state index in [9.17, 15) is 10.1 Å². The number of hydrogen-bond donors (Lipinski definition) is 0. The van der Waals surface area contributed by atoms with Gasteiger partial charge in [-0.25, -0.2) is 0 Å². The Kier molecular flexibility index (Phi) is 5.80. The standard InChI is InChI=1S/C11H15ClN2O4/c1-8(2)7-17-5-6-18-11-9(14(15)16)3-4-10(12)13-11/h3-4,8H,5-7H2,1-2H3. The van der Waals surface area contributed by atoms with Crippen LogP contribution < -0.4 is 4.74 Å². The van der Waals surface area contributed by atoms with E-state index in [4.69, 9.17) is 21.1 Å². The fourth-order valence-corrected chi connectivity index (χ4v) is 1.31. The van der Waals surface area contributed by atoms with E-state index in [1.807, 2.05) is 13.8 Å². The highest BCUT2D eigenvalue weighted by molar-refractivity contribution is 6.29. The number of rotatable bonds is 7. The number of halogens is 1. The minimum absolute atomic E-state index is 0.0827. The molecule has 0 saturated carbocycles. The van der Waals surface area contributed by atoms with Crippen molar-refractivity contribution in [1.82, 2.24) is 4.98 Å². The molecule has 18 heavy (non-hydrogen) atoms. The molecule has 0 unspecified atom stereocenters. The molecule has 0 amide bonds. The van der Waals surface area contributed by atoms with Crippen molar-refractivity contribution in [2.75, 3.05) is 19.8 Å². The maximum Gasteiger partial charge on any atom is 0.331 e. The SMILES string of the molecule is CC(C)COCCOc1nc(Cl)ccc1[N+](=O)[O-]. The number of aromatic nitrogens is 1. The second kappa shape index (κ2) is 7.13. The zero-order valence-electron chi connectivity index (χ0n) is 10.3. The summed E-state index contributed by atoms with van der Waals surface area (Å²) in [7, 11) is 0. The minimum atomic E-state index is -0.562. The van der Waals surface area contributed by atoms with Crippen LogP contribution >= 0.6 is 11.6 Å². The van der Waals surface area contributed by atoms with Gasteiger partial charge in [0.15, 0.2) is 0 Å². The third-order valence-corrected chi connectivity index (χ3v) is 2.13. The summed E-state index contributed by atoms with van der Waals surface area (Å²) in [5, 5.41) is 10.9. The van der Waals surface area contributed by atoms with Crippen molar-refractivity contribution in [1.29, 1.82) is 0 Å². The van der Waals surface area contributed by atoms with Crippen molar-refractivity contribution in [3.63, 3.8) is 0 Å². The first-order valence-corrected chi connectivity index (χ1v) is 5.90. The third-order valence-electron chi connectivity index (χ3n) is 1.92. The summed E-state index contributed by atoms with van der Waals surface area (Å²) in [6.07, 6.45) is 0. The molecule has 7 heteroatoms. The van der Waals surface area contributed by atoms with Gasteiger partial charge in [-0.05, 0) is 12.0 Å². The molecule has 0 aliphatic carbocycles. The van der Waals surface area contributed by atoms with E-state index in [1.165, 1.54) is 12.1 Å². The van der Waals surface area contributed by atoms with Gasteiger partial charge in [-0.15, -0.1) is 0 Å². The van der Waals surface area contributed by atoms with Crippen molar-refractivity contribution in [2.24, 2.45) is 5.92 Å². The lowest BCUT2D eigenvalue weighted by molar-refractivity contribution is -0.386. The highest BCUT2D eigenvalue weighted by Gasteiger charge is 2.17. The van der Waals surface area contributed by atoms with E-state index in [-0.39, 0.29) is 23.3 Å². The van der Waals surface area contributed by atoms with Crippen LogP contribution in [0.25, 0.3) is 0 Å². The average molecular weight is 275 g/mol. The van der Waals surface area contributed by atoms with E-state index in [0.717, 1.165) is 0 Å². The van der Waals surface area contributed by atoms with Gasteiger partial charge in [-0.3, -0.25) is 10.1 Å². The summed E-state index contributed by atoms with van der Waals surface area (Å²) in [5.74, 6) is 0.351. The highest BCUT2D eigenvalue weighted by Crippen LogP contribution is 2.25. The first kappa shape index (κ1) is 14.7. The summed E-state index contributed by atoms with van der Waals surface area (Å²) in [6, 6.07) is 2.61. The third kappa shape index (κ3) is 4.85. The lowest BCUT2D eigenvalue weighted by atomic mass is 10.2. The van der Waals surface area contributed by atoms with Crippen molar-refractivity contribution >= 4 is 17.3 Å². The number of pyridine rings is 1. The molecule has 1 aromatic heterocycles. The molecule has 0 atom stereocenters. The maximum absolute atomic E-state index is 10.7. The Labute approximate surface area is 110 Å². The van der Waals surface area contributed by atoms with Gasteiger partial charge in [0.05, 0.1) is 11.5 Å². The van der Waals surface area contributed by atoms with E-state index < -0.39 is 4.92 Å². The van der Waals surface area contributed by atoms with Crippen molar-refractivity contribution < 1.29 is 14.4 Å². The largest absolute Gasteiger partial charge is 0.470 e. The zero-order chi connectivity index (χ0) is 13.5. The molecule has 1 rings (SSSR count).